The standard InChI is InChI=1S/C11H12F2N4O/c1-2-17-11(15-6-16-17)5-18-10-4-7(12)9(14)3-8(10)13/h3-4,6H,2,5,14H2,1H3. The molecule has 0 atom stereocenters. The van der Waals surface area contributed by atoms with Gasteiger partial charge in [0.05, 0.1) is 5.69 Å². The predicted octanol–water partition coefficient (Wildman–Crippen LogP) is 1.74. The molecule has 0 fully saturated rings. The average molecular weight is 254 g/mol. The van der Waals surface area contributed by atoms with E-state index in [1.54, 1.807) is 4.68 Å². The summed E-state index contributed by atoms with van der Waals surface area (Å²) in [5, 5.41) is 3.94. The summed E-state index contributed by atoms with van der Waals surface area (Å²) in [6.45, 7) is 2.52. The van der Waals surface area contributed by atoms with Gasteiger partial charge in [0.15, 0.2) is 17.4 Å². The van der Waals surface area contributed by atoms with E-state index in [9.17, 15) is 8.78 Å². The van der Waals surface area contributed by atoms with Crippen LogP contribution in [-0.4, -0.2) is 14.8 Å². The summed E-state index contributed by atoms with van der Waals surface area (Å²) < 4.78 is 33.4. The Morgan fingerprint density at radius 3 is 2.83 bits per heavy atom. The number of halogens is 2. The number of nitrogens with zero attached hydrogens (tertiary/aromatic N) is 3. The second-order valence-corrected chi connectivity index (χ2v) is 3.58. The van der Waals surface area contributed by atoms with Gasteiger partial charge in [-0.2, -0.15) is 5.10 Å². The van der Waals surface area contributed by atoms with Crippen molar-refractivity contribution in [1.29, 1.82) is 0 Å². The molecule has 0 aliphatic heterocycles. The van der Waals surface area contributed by atoms with Gasteiger partial charge >= 0.3 is 0 Å². The molecule has 0 saturated carbocycles. The molecule has 0 spiro atoms. The minimum Gasteiger partial charge on any atom is -0.482 e. The maximum atomic E-state index is 13.4. The first-order chi connectivity index (χ1) is 8.61. The van der Waals surface area contributed by atoms with Crippen LogP contribution in [0.5, 0.6) is 5.75 Å². The van der Waals surface area contributed by atoms with E-state index in [2.05, 4.69) is 10.1 Å². The molecular weight excluding hydrogens is 242 g/mol. The van der Waals surface area contributed by atoms with E-state index in [0.717, 1.165) is 12.1 Å². The average Bonchev–Trinajstić information content (AvgIpc) is 2.79. The van der Waals surface area contributed by atoms with Crippen LogP contribution in [0.1, 0.15) is 12.7 Å². The molecule has 18 heavy (non-hydrogen) atoms. The van der Waals surface area contributed by atoms with Crippen LogP contribution in [0.4, 0.5) is 14.5 Å². The van der Waals surface area contributed by atoms with Crippen molar-refractivity contribution in [3.05, 3.63) is 35.9 Å². The van der Waals surface area contributed by atoms with Crippen molar-refractivity contribution < 1.29 is 13.5 Å². The van der Waals surface area contributed by atoms with Gasteiger partial charge in [-0.3, -0.25) is 0 Å². The Morgan fingerprint density at radius 1 is 1.33 bits per heavy atom. The normalized spacial score (nSPS) is 10.6. The second-order valence-electron chi connectivity index (χ2n) is 3.58. The first-order valence-electron chi connectivity index (χ1n) is 5.35. The minimum atomic E-state index is -0.719. The molecule has 1 heterocycles. The molecule has 0 aliphatic rings. The van der Waals surface area contributed by atoms with Crippen LogP contribution >= 0.6 is 0 Å². The first-order valence-corrected chi connectivity index (χ1v) is 5.35. The Morgan fingerprint density at radius 2 is 2.11 bits per heavy atom. The molecule has 7 heteroatoms. The topological polar surface area (TPSA) is 66.0 Å². The molecule has 0 unspecified atom stereocenters. The molecule has 1 aromatic carbocycles. The Kier molecular flexibility index (Phi) is 3.40. The summed E-state index contributed by atoms with van der Waals surface area (Å²) in [7, 11) is 0. The molecule has 0 radical (unpaired) electrons. The van der Waals surface area contributed by atoms with E-state index < -0.39 is 11.6 Å². The molecular formula is C11H12F2N4O. The van der Waals surface area contributed by atoms with Crippen molar-refractivity contribution in [2.24, 2.45) is 0 Å². The lowest BCUT2D eigenvalue weighted by atomic mass is 10.3. The Balaban J connectivity index is 2.13. The van der Waals surface area contributed by atoms with E-state index in [0.29, 0.717) is 12.4 Å². The number of hydrogen-bond acceptors (Lipinski definition) is 4. The third-order valence-corrected chi connectivity index (χ3v) is 2.40. The van der Waals surface area contributed by atoms with Gasteiger partial charge in [0.25, 0.3) is 0 Å². The SMILES string of the molecule is CCn1ncnc1COc1cc(F)c(N)cc1F. The smallest absolute Gasteiger partial charge is 0.167 e. The van der Waals surface area contributed by atoms with E-state index in [-0.39, 0.29) is 18.0 Å². The highest BCUT2D eigenvalue weighted by atomic mass is 19.1. The maximum absolute atomic E-state index is 13.4. The van der Waals surface area contributed by atoms with E-state index in [4.69, 9.17) is 10.5 Å². The fraction of sp³-hybridized carbons (Fsp3) is 0.273. The number of aromatic nitrogens is 3. The highest BCUT2D eigenvalue weighted by Gasteiger charge is 2.10. The summed E-state index contributed by atoms with van der Waals surface area (Å²) in [5.41, 5.74) is 4.98. The Bertz CT molecular complexity index is 556. The lowest BCUT2D eigenvalue weighted by Gasteiger charge is -2.08. The molecule has 1 aromatic heterocycles. The second kappa shape index (κ2) is 4.99. The third kappa shape index (κ3) is 2.39. The number of ether oxygens (including phenoxy) is 1. The van der Waals surface area contributed by atoms with Gasteiger partial charge in [-0.25, -0.2) is 18.4 Å². The monoisotopic (exact) mass is 254 g/mol. The molecule has 2 aromatic rings. The van der Waals surface area contributed by atoms with E-state index in [1.807, 2.05) is 6.92 Å². The Labute approximate surface area is 102 Å². The van der Waals surface area contributed by atoms with Gasteiger partial charge in [-0.1, -0.05) is 0 Å². The number of anilines is 1. The largest absolute Gasteiger partial charge is 0.482 e. The Hall–Kier alpha value is -2.18. The zero-order chi connectivity index (χ0) is 13.1. The zero-order valence-electron chi connectivity index (χ0n) is 9.73. The molecule has 0 saturated heterocycles. The number of nitrogen functional groups attached to an aromatic ring is 1. The van der Waals surface area contributed by atoms with Crippen molar-refractivity contribution in [3.63, 3.8) is 0 Å². The maximum Gasteiger partial charge on any atom is 0.167 e. The summed E-state index contributed by atoms with van der Waals surface area (Å²) >= 11 is 0. The predicted molar refractivity (Wildman–Crippen MR) is 60.8 cm³/mol. The number of hydrogen-bond donors (Lipinski definition) is 1. The number of aryl methyl sites for hydroxylation is 1. The molecule has 0 bridgehead atoms. The molecule has 2 N–H and O–H groups in total. The fourth-order valence-electron chi connectivity index (χ4n) is 1.46. The van der Waals surface area contributed by atoms with Crippen molar-refractivity contribution in [2.75, 3.05) is 5.73 Å². The van der Waals surface area contributed by atoms with Gasteiger partial charge < -0.3 is 10.5 Å². The van der Waals surface area contributed by atoms with Gasteiger partial charge in [0.2, 0.25) is 0 Å². The van der Waals surface area contributed by atoms with Gasteiger partial charge in [-0.15, -0.1) is 0 Å². The number of benzene rings is 1. The number of nitrogens with two attached hydrogens (primary N) is 1. The third-order valence-electron chi connectivity index (χ3n) is 2.40. The number of rotatable bonds is 4. The van der Waals surface area contributed by atoms with Crippen molar-refractivity contribution in [3.8, 4) is 5.75 Å². The van der Waals surface area contributed by atoms with Crippen LogP contribution in [0.2, 0.25) is 0 Å². The van der Waals surface area contributed by atoms with Crippen LogP contribution in [-0.2, 0) is 13.2 Å². The quantitative estimate of drug-likeness (QED) is 0.844. The summed E-state index contributed by atoms with van der Waals surface area (Å²) in [4.78, 5) is 3.96. The minimum absolute atomic E-state index is 0.00805. The van der Waals surface area contributed by atoms with E-state index in [1.165, 1.54) is 6.33 Å². The van der Waals surface area contributed by atoms with Crippen LogP contribution in [0.15, 0.2) is 18.5 Å². The van der Waals surface area contributed by atoms with Crippen molar-refractivity contribution in [2.45, 2.75) is 20.1 Å². The molecule has 0 aliphatic carbocycles. The van der Waals surface area contributed by atoms with Crippen molar-refractivity contribution in [1.82, 2.24) is 14.8 Å². The van der Waals surface area contributed by atoms with Crippen LogP contribution in [0.25, 0.3) is 0 Å². The lowest BCUT2D eigenvalue weighted by Crippen LogP contribution is -2.08. The zero-order valence-corrected chi connectivity index (χ0v) is 9.73. The summed E-state index contributed by atoms with van der Waals surface area (Å²) in [6, 6.07) is 1.80. The van der Waals surface area contributed by atoms with E-state index >= 15 is 0 Å². The lowest BCUT2D eigenvalue weighted by molar-refractivity contribution is 0.272. The van der Waals surface area contributed by atoms with Gasteiger partial charge in [0.1, 0.15) is 18.8 Å². The van der Waals surface area contributed by atoms with Crippen LogP contribution < -0.4 is 10.5 Å². The molecule has 2 rings (SSSR count). The van der Waals surface area contributed by atoms with Crippen LogP contribution in [0.3, 0.4) is 0 Å². The molecule has 96 valence electrons. The highest BCUT2D eigenvalue weighted by molar-refractivity contribution is 5.44. The van der Waals surface area contributed by atoms with Crippen LogP contribution in [0, 0.1) is 11.6 Å². The van der Waals surface area contributed by atoms with Gasteiger partial charge in [-0.05, 0) is 6.92 Å². The summed E-state index contributed by atoms with van der Waals surface area (Å²) in [5.74, 6) is -1.10. The first kappa shape index (κ1) is 12.3. The van der Waals surface area contributed by atoms with Crippen molar-refractivity contribution >= 4 is 5.69 Å². The van der Waals surface area contributed by atoms with Gasteiger partial charge in [0, 0.05) is 18.7 Å². The molecule has 0 amide bonds. The summed E-state index contributed by atoms with van der Waals surface area (Å²) in [6.07, 6.45) is 1.38. The highest BCUT2D eigenvalue weighted by Crippen LogP contribution is 2.23. The fourth-order valence-corrected chi connectivity index (χ4v) is 1.46. The molecule has 5 nitrogen and oxygen atoms in total.